The fraction of sp³-hybridized carbons (Fsp3) is 0.304. The maximum atomic E-state index is 14.6. The zero-order valence-electron chi connectivity index (χ0n) is 17.9. The molecule has 8 nitrogen and oxygen atoms in total. The maximum Gasteiger partial charge on any atom is 0.257 e. The average Bonchev–Trinajstić information content (AvgIpc) is 2.81. The van der Waals surface area contributed by atoms with Gasteiger partial charge in [0.2, 0.25) is 11.5 Å². The molecular weight excluding hydrogens is 432 g/mol. The smallest absolute Gasteiger partial charge is 0.257 e. The number of alkyl halides is 2. The van der Waals surface area contributed by atoms with Crippen molar-refractivity contribution < 1.29 is 18.3 Å². The van der Waals surface area contributed by atoms with Crippen molar-refractivity contribution in [3.05, 3.63) is 77.1 Å². The molecule has 0 bridgehead atoms. The number of rotatable bonds is 6. The van der Waals surface area contributed by atoms with Crippen LogP contribution in [0.5, 0.6) is 11.5 Å². The van der Waals surface area contributed by atoms with Crippen molar-refractivity contribution in [3.63, 3.8) is 0 Å². The first-order chi connectivity index (χ1) is 15.8. The SMILES string of the molecule is CC(C(=O)Nc1ccc(Oc2cccnc2)cn1)N1CCC(F)(F)[C@@H](c2ccc(=O)[nH]c2)C1. The molecule has 1 amide bonds. The summed E-state index contributed by atoms with van der Waals surface area (Å²) in [6.45, 7) is 1.73. The van der Waals surface area contributed by atoms with Crippen molar-refractivity contribution in [2.45, 2.75) is 31.2 Å². The molecule has 4 heterocycles. The number of ether oxygens (including phenoxy) is 1. The van der Waals surface area contributed by atoms with Crippen LogP contribution in [0, 0.1) is 0 Å². The first kappa shape index (κ1) is 22.5. The summed E-state index contributed by atoms with van der Waals surface area (Å²) < 4.78 is 34.8. The molecule has 1 aliphatic rings. The fourth-order valence-corrected chi connectivity index (χ4v) is 3.72. The third-order valence-corrected chi connectivity index (χ3v) is 5.65. The third kappa shape index (κ3) is 5.40. The van der Waals surface area contributed by atoms with Gasteiger partial charge in [0.25, 0.3) is 5.92 Å². The van der Waals surface area contributed by atoms with Crippen LogP contribution in [0.25, 0.3) is 0 Å². The van der Waals surface area contributed by atoms with E-state index in [1.54, 1.807) is 48.5 Å². The lowest BCUT2D eigenvalue weighted by Crippen LogP contribution is -2.52. The van der Waals surface area contributed by atoms with Crippen molar-refractivity contribution in [1.82, 2.24) is 19.9 Å². The Labute approximate surface area is 188 Å². The lowest BCUT2D eigenvalue weighted by Gasteiger charge is -2.40. The summed E-state index contributed by atoms with van der Waals surface area (Å²) in [5.74, 6) is -3.05. The number of aromatic amines is 1. The van der Waals surface area contributed by atoms with Crippen LogP contribution >= 0.6 is 0 Å². The Bertz CT molecular complexity index is 1130. The Morgan fingerprint density at radius 2 is 2.06 bits per heavy atom. The number of nitrogens with one attached hydrogen (secondary N) is 2. The van der Waals surface area contributed by atoms with Crippen LogP contribution in [0.2, 0.25) is 0 Å². The molecule has 2 N–H and O–H groups in total. The number of pyridine rings is 3. The minimum absolute atomic E-state index is 0.0149. The number of carbonyl (C=O) groups excluding carboxylic acids is 1. The van der Waals surface area contributed by atoms with Gasteiger partial charge in [-0.15, -0.1) is 0 Å². The van der Waals surface area contributed by atoms with Crippen molar-refractivity contribution in [2.24, 2.45) is 0 Å². The molecular formula is C23H23F2N5O3. The van der Waals surface area contributed by atoms with E-state index < -0.39 is 17.9 Å². The number of hydrogen-bond acceptors (Lipinski definition) is 6. The predicted octanol–water partition coefficient (Wildman–Crippen LogP) is 3.41. The van der Waals surface area contributed by atoms with Gasteiger partial charge in [0.05, 0.1) is 24.4 Å². The maximum absolute atomic E-state index is 14.6. The second kappa shape index (κ2) is 9.45. The highest BCUT2D eigenvalue weighted by atomic mass is 19.3. The van der Waals surface area contributed by atoms with Gasteiger partial charge in [0.1, 0.15) is 17.3 Å². The van der Waals surface area contributed by atoms with Gasteiger partial charge >= 0.3 is 0 Å². The topological polar surface area (TPSA) is 100 Å². The number of likely N-dealkylation sites (tertiary alicyclic amines) is 1. The Morgan fingerprint density at radius 1 is 1.24 bits per heavy atom. The molecule has 0 aliphatic carbocycles. The van der Waals surface area contributed by atoms with Gasteiger partial charge in [0, 0.05) is 38.0 Å². The van der Waals surface area contributed by atoms with Gasteiger partial charge in [-0.05, 0) is 36.8 Å². The van der Waals surface area contributed by atoms with Gasteiger partial charge in [-0.2, -0.15) is 0 Å². The molecule has 1 saturated heterocycles. The van der Waals surface area contributed by atoms with Crippen molar-refractivity contribution in [2.75, 3.05) is 18.4 Å². The number of hydrogen-bond donors (Lipinski definition) is 2. The number of anilines is 1. The number of H-pyrrole nitrogens is 1. The molecule has 1 aliphatic heterocycles. The standard InChI is InChI=1S/C23H23F2N5O3/c1-15(30-10-8-23(24,25)19(14-30)16-4-7-21(31)28-11-16)22(32)29-20-6-5-18(13-27-20)33-17-3-2-9-26-12-17/h2-7,9,11-13,15,19H,8,10,14H2,1H3,(H,28,31)(H,27,29,32)/t15?,19-/m1/s1. The molecule has 33 heavy (non-hydrogen) atoms. The minimum Gasteiger partial charge on any atom is -0.454 e. The van der Waals surface area contributed by atoms with E-state index in [1.807, 2.05) is 0 Å². The van der Waals surface area contributed by atoms with E-state index in [2.05, 4.69) is 20.3 Å². The molecule has 3 aromatic heterocycles. The van der Waals surface area contributed by atoms with E-state index in [0.717, 1.165) is 0 Å². The quantitative estimate of drug-likeness (QED) is 0.591. The number of aromatic nitrogens is 3. The second-order valence-corrected chi connectivity index (χ2v) is 7.88. The molecule has 4 rings (SSSR count). The molecule has 3 aromatic rings. The highest BCUT2D eigenvalue weighted by molar-refractivity contribution is 5.93. The van der Waals surface area contributed by atoms with E-state index in [1.165, 1.54) is 24.5 Å². The van der Waals surface area contributed by atoms with E-state index in [-0.39, 0.29) is 31.0 Å². The number of carbonyl (C=O) groups is 1. The van der Waals surface area contributed by atoms with E-state index >= 15 is 0 Å². The third-order valence-electron chi connectivity index (χ3n) is 5.65. The normalized spacial score (nSPS) is 18.9. The zero-order chi connectivity index (χ0) is 23.4. The molecule has 10 heteroatoms. The highest BCUT2D eigenvalue weighted by Gasteiger charge is 2.46. The summed E-state index contributed by atoms with van der Waals surface area (Å²) in [6, 6.07) is 8.75. The summed E-state index contributed by atoms with van der Waals surface area (Å²) >= 11 is 0. The van der Waals surface area contributed by atoms with Crippen LogP contribution in [-0.4, -0.2) is 50.8 Å². The van der Waals surface area contributed by atoms with Crippen LogP contribution in [-0.2, 0) is 4.79 Å². The number of amides is 1. The highest BCUT2D eigenvalue weighted by Crippen LogP contribution is 2.40. The van der Waals surface area contributed by atoms with Crippen LogP contribution in [0.15, 0.2) is 66.0 Å². The molecule has 0 spiro atoms. The molecule has 0 radical (unpaired) electrons. The summed E-state index contributed by atoms with van der Waals surface area (Å²) in [4.78, 5) is 36.4. The van der Waals surface area contributed by atoms with Crippen molar-refractivity contribution in [1.29, 1.82) is 0 Å². The molecule has 0 saturated carbocycles. The van der Waals surface area contributed by atoms with Gasteiger partial charge in [0.15, 0.2) is 0 Å². The Balaban J connectivity index is 1.39. The van der Waals surface area contributed by atoms with Crippen LogP contribution in [0.4, 0.5) is 14.6 Å². The monoisotopic (exact) mass is 455 g/mol. The fourth-order valence-electron chi connectivity index (χ4n) is 3.72. The zero-order valence-corrected chi connectivity index (χ0v) is 17.9. The lowest BCUT2D eigenvalue weighted by molar-refractivity contribution is -0.125. The van der Waals surface area contributed by atoms with Gasteiger partial charge in [-0.3, -0.25) is 19.5 Å². The lowest BCUT2D eigenvalue weighted by atomic mass is 9.87. The first-order valence-corrected chi connectivity index (χ1v) is 10.5. The Kier molecular flexibility index (Phi) is 6.45. The summed E-state index contributed by atoms with van der Waals surface area (Å²) in [7, 11) is 0. The predicted molar refractivity (Wildman–Crippen MR) is 118 cm³/mol. The molecule has 1 fully saturated rings. The van der Waals surface area contributed by atoms with Crippen molar-refractivity contribution in [3.8, 4) is 11.5 Å². The number of halogens is 2. The van der Waals surface area contributed by atoms with Crippen LogP contribution in [0.1, 0.15) is 24.8 Å². The van der Waals surface area contributed by atoms with Gasteiger partial charge < -0.3 is 15.0 Å². The summed E-state index contributed by atoms with van der Waals surface area (Å²) in [5, 5.41) is 2.72. The minimum atomic E-state index is -2.93. The number of nitrogens with zero attached hydrogens (tertiary/aromatic N) is 3. The Morgan fingerprint density at radius 3 is 2.73 bits per heavy atom. The summed E-state index contributed by atoms with van der Waals surface area (Å²) in [6.07, 6.45) is 5.61. The van der Waals surface area contributed by atoms with Crippen LogP contribution < -0.4 is 15.6 Å². The molecule has 1 unspecified atom stereocenters. The van der Waals surface area contributed by atoms with E-state index in [4.69, 9.17) is 4.74 Å². The van der Waals surface area contributed by atoms with E-state index in [9.17, 15) is 18.4 Å². The van der Waals surface area contributed by atoms with Gasteiger partial charge in [-0.25, -0.2) is 13.8 Å². The van der Waals surface area contributed by atoms with Crippen molar-refractivity contribution >= 4 is 11.7 Å². The second-order valence-electron chi connectivity index (χ2n) is 7.88. The summed E-state index contributed by atoms with van der Waals surface area (Å²) in [5.41, 5.74) is -0.0189. The molecule has 172 valence electrons. The van der Waals surface area contributed by atoms with E-state index in [0.29, 0.717) is 22.9 Å². The molecule has 2 atom stereocenters. The van der Waals surface area contributed by atoms with Crippen LogP contribution in [0.3, 0.4) is 0 Å². The first-order valence-electron chi connectivity index (χ1n) is 10.5. The molecule has 0 aromatic carbocycles. The average molecular weight is 455 g/mol. The number of piperidine rings is 1. The Hall–Kier alpha value is -3.66. The van der Waals surface area contributed by atoms with Gasteiger partial charge in [-0.1, -0.05) is 6.07 Å². The largest absolute Gasteiger partial charge is 0.454 e.